The van der Waals surface area contributed by atoms with Gasteiger partial charge in [-0.15, -0.1) is 0 Å². The lowest BCUT2D eigenvalue weighted by molar-refractivity contribution is -0.147. The predicted molar refractivity (Wildman–Crippen MR) is 87.6 cm³/mol. The summed E-state index contributed by atoms with van der Waals surface area (Å²) in [5.41, 5.74) is 0.694. The number of pyridine rings is 1. The minimum Gasteiger partial charge on any atom is -0.305 e. The molecule has 0 amide bonds. The number of halogens is 4. The van der Waals surface area contributed by atoms with Gasteiger partial charge in [-0.3, -0.25) is 14.7 Å². The number of nitrogens with one attached hydrogen (secondary N) is 1. The summed E-state index contributed by atoms with van der Waals surface area (Å²) in [6, 6.07) is 3.42. The SMILES string of the molecule is O=c1[nH]c(-c2ccncc2)nc(C2CCN(CC(F)(F)F)CC2)c1Cl. The van der Waals surface area contributed by atoms with Crippen molar-refractivity contribution in [3.8, 4) is 11.4 Å². The molecule has 2 aromatic heterocycles. The van der Waals surface area contributed by atoms with Gasteiger partial charge in [0.15, 0.2) is 0 Å². The maximum absolute atomic E-state index is 12.5. The fourth-order valence-electron chi connectivity index (χ4n) is 3.01. The van der Waals surface area contributed by atoms with Gasteiger partial charge in [0.1, 0.15) is 10.8 Å². The Morgan fingerprint density at radius 1 is 1.24 bits per heavy atom. The Labute approximate surface area is 146 Å². The van der Waals surface area contributed by atoms with Gasteiger partial charge in [0.2, 0.25) is 0 Å². The minimum atomic E-state index is -4.21. The van der Waals surface area contributed by atoms with Crippen molar-refractivity contribution in [1.82, 2.24) is 19.9 Å². The van der Waals surface area contributed by atoms with Gasteiger partial charge in [-0.1, -0.05) is 11.6 Å². The van der Waals surface area contributed by atoms with Gasteiger partial charge in [-0.05, 0) is 38.1 Å². The number of piperidine rings is 1. The van der Waals surface area contributed by atoms with Crippen LogP contribution in [0.4, 0.5) is 13.2 Å². The predicted octanol–water partition coefficient (Wildman–Crippen LogP) is 3.23. The third-order valence-electron chi connectivity index (χ3n) is 4.22. The van der Waals surface area contributed by atoms with Crippen LogP contribution in [0.15, 0.2) is 29.3 Å². The Balaban J connectivity index is 1.81. The summed E-state index contributed by atoms with van der Waals surface area (Å²) in [5, 5.41) is 0.00655. The first kappa shape index (κ1) is 17.9. The molecule has 134 valence electrons. The zero-order chi connectivity index (χ0) is 18.0. The second-order valence-electron chi connectivity index (χ2n) is 6.02. The second kappa shape index (κ2) is 7.13. The molecule has 0 saturated carbocycles. The van der Waals surface area contributed by atoms with E-state index in [4.69, 9.17) is 11.6 Å². The van der Waals surface area contributed by atoms with Crippen LogP contribution in [0.5, 0.6) is 0 Å². The number of likely N-dealkylation sites (tertiary alicyclic amines) is 1. The molecule has 0 atom stereocenters. The molecule has 0 bridgehead atoms. The van der Waals surface area contributed by atoms with Gasteiger partial charge in [-0.2, -0.15) is 13.2 Å². The summed E-state index contributed by atoms with van der Waals surface area (Å²) >= 11 is 6.12. The minimum absolute atomic E-state index is 0.00655. The third kappa shape index (κ3) is 4.38. The molecule has 3 heterocycles. The molecule has 0 aliphatic carbocycles. The van der Waals surface area contributed by atoms with Crippen LogP contribution >= 0.6 is 11.6 Å². The van der Waals surface area contributed by atoms with E-state index in [-0.39, 0.29) is 10.9 Å². The lowest BCUT2D eigenvalue weighted by Crippen LogP contribution is -2.39. The monoisotopic (exact) mass is 372 g/mol. The maximum Gasteiger partial charge on any atom is 0.401 e. The smallest absolute Gasteiger partial charge is 0.305 e. The first-order valence-corrected chi connectivity index (χ1v) is 8.20. The number of alkyl halides is 3. The molecule has 0 aromatic carbocycles. The molecule has 2 aromatic rings. The fourth-order valence-corrected chi connectivity index (χ4v) is 3.26. The van der Waals surface area contributed by atoms with E-state index < -0.39 is 18.3 Å². The van der Waals surface area contributed by atoms with Gasteiger partial charge in [0.25, 0.3) is 5.56 Å². The normalized spacial score (nSPS) is 17.0. The van der Waals surface area contributed by atoms with Crippen LogP contribution in [0.3, 0.4) is 0 Å². The molecular formula is C16H16ClF3N4O. The number of hydrogen-bond donors (Lipinski definition) is 1. The second-order valence-corrected chi connectivity index (χ2v) is 6.39. The third-order valence-corrected chi connectivity index (χ3v) is 4.58. The average molecular weight is 373 g/mol. The highest BCUT2D eigenvalue weighted by atomic mass is 35.5. The van der Waals surface area contributed by atoms with Crippen molar-refractivity contribution in [2.45, 2.75) is 24.9 Å². The highest BCUT2D eigenvalue weighted by molar-refractivity contribution is 6.31. The van der Waals surface area contributed by atoms with Crippen molar-refractivity contribution in [1.29, 1.82) is 0 Å². The van der Waals surface area contributed by atoms with Crippen LogP contribution in [0, 0.1) is 0 Å². The molecule has 0 spiro atoms. The van der Waals surface area contributed by atoms with Crippen LogP contribution in [0.1, 0.15) is 24.5 Å². The Kier molecular flexibility index (Phi) is 5.10. The van der Waals surface area contributed by atoms with E-state index in [2.05, 4.69) is 15.0 Å². The first-order valence-electron chi connectivity index (χ1n) is 7.83. The molecule has 9 heteroatoms. The van der Waals surface area contributed by atoms with E-state index in [9.17, 15) is 18.0 Å². The van der Waals surface area contributed by atoms with Crippen LogP contribution in [-0.2, 0) is 0 Å². The largest absolute Gasteiger partial charge is 0.401 e. The van der Waals surface area contributed by atoms with Gasteiger partial charge < -0.3 is 4.98 Å². The van der Waals surface area contributed by atoms with E-state index >= 15 is 0 Å². The van der Waals surface area contributed by atoms with Crippen LogP contribution in [0.25, 0.3) is 11.4 Å². The Morgan fingerprint density at radius 3 is 2.48 bits per heavy atom. The Hall–Kier alpha value is -1.93. The molecule has 3 rings (SSSR count). The highest BCUT2D eigenvalue weighted by Crippen LogP contribution is 2.32. The summed E-state index contributed by atoms with van der Waals surface area (Å²) in [4.78, 5) is 24.5. The average Bonchev–Trinajstić information content (AvgIpc) is 2.57. The lowest BCUT2D eigenvalue weighted by atomic mass is 9.93. The van der Waals surface area contributed by atoms with Crippen molar-refractivity contribution in [3.05, 3.63) is 45.6 Å². The van der Waals surface area contributed by atoms with E-state index in [0.717, 1.165) is 0 Å². The van der Waals surface area contributed by atoms with E-state index in [1.165, 1.54) is 4.90 Å². The molecule has 1 aliphatic rings. The molecular weight excluding hydrogens is 357 g/mol. The Morgan fingerprint density at radius 2 is 1.88 bits per heavy atom. The van der Waals surface area contributed by atoms with Crippen LogP contribution < -0.4 is 5.56 Å². The van der Waals surface area contributed by atoms with Crippen molar-refractivity contribution >= 4 is 11.6 Å². The lowest BCUT2D eigenvalue weighted by Gasteiger charge is -2.32. The topological polar surface area (TPSA) is 61.9 Å². The zero-order valence-electron chi connectivity index (χ0n) is 13.2. The molecule has 1 aliphatic heterocycles. The summed E-state index contributed by atoms with van der Waals surface area (Å²) < 4.78 is 37.5. The number of nitrogens with zero attached hydrogens (tertiary/aromatic N) is 3. The molecule has 25 heavy (non-hydrogen) atoms. The number of hydrogen-bond acceptors (Lipinski definition) is 4. The summed E-state index contributed by atoms with van der Waals surface area (Å²) in [6.07, 6.45) is -0.0936. The van der Waals surface area contributed by atoms with Crippen LogP contribution in [0.2, 0.25) is 5.02 Å². The molecule has 5 nitrogen and oxygen atoms in total. The Bertz CT molecular complexity index is 786. The van der Waals surface area contributed by atoms with Crippen molar-refractivity contribution in [2.75, 3.05) is 19.6 Å². The first-order chi connectivity index (χ1) is 11.8. The molecule has 0 unspecified atom stereocenters. The highest BCUT2D eigenvalue weighted by Gasteiger charge is 2.33. The van der Waals surface area contributed by atoms with E-state index in [0.29, 0.717) is 43.0 Å². The number of rotatable bonds is 3. The number of H-pyrrole nitrogens is 1. The van der Waals surface area contributed by atoms with Crippen LogP contribution in [-0.4, -0.2) is 45.7 Å². The summed E-state index contributed by atoms with van der Waals surface area (Å²) in [5.74, 6) is 0.240. The molecule has 1 saturated heterocycles. The summed E-state index contributed by atoms with van der Waals surface area (Å²) in [6.45, 7) is -0.336. The van der Waals surface area contributed by atoms with E-state index in [1.807, 2.05) is 0 Å². The zero-order valence-corrected chi connectivity index (χ0v) is 13.9. The van der Waals surface area contributed by atoms with Crippen molar-refractivity contribution < 1.29 is 13.2 Å². The van der Waals surface area contributed by atoms with E-state index in [1.54, 1.807) is 24.5 Å². The number of aromatic amines is 1. The quantitative estimate of drug-likeness (QED) is 0.898. The summed E-state index contributed by atoms with van der Waals surface area (Å²) in [7, 11) is 0. The number of aromatic nitrogens is 3. The van der Waals surface area contributed by atoms with Crippen molar-refractivity contribution in [3.63, 3.8) is 0 Å². The van der Waals surface area contributed by atoms with Gasteiger partial charge >= 0.3 is 6.18 Å². The van der Waals surface area contributed by atoms with Gasteiger partial charge in [0.05, 0.1) is 12.2 Å². The molecule has 1 N–H and O–H groups in total. The van der Waals surface area contributed by atoms with Crippen molar-refractivity contribution in [2.24, 2.45) is 0 Å². The standard InChI is InChI=1S/C16H16ClF3N4O/c17-12-13(10-3-7-24(8-4-10)9-16(18,19)20)22-14(23-15(12)25)11-1-5-21-6-2-11/h1-2,5-6,10H,3-4,7-9H2,(H,22,23,25). The van der Waals surface area contributed by atoms with Gasteiger partial charge in [-0.25, -0.2) is 4.98 Å². The molecule has 1 fully saturated rings. The molecule has 0 radical (unpaired) electrons. The maximum atomic E-state index is 12.5. The fraction of sp³-hybridized carbons (Fsp3) is 0.438. The van der Waals surface area contributed by atoms with Gasteiger partial charge in [0, 0.05) is 23.9 Å².